The summed E-state index contributed by atoms with van der Waals surface area (Å²) < 4.78 is 0. The smallest absolute Gasteiger partial charge is 0.192 e. The van der Waals surface area contributed by atoms with Crippen molar-refractivity contribution in [2.45, 2.75) is 24.7 Å². The third-order valence-electron chi connectivity index (χ3n) is 1.82. The second-order valence-corrected chi connectivity index (χ2v) is 2.60. The van der Waals surface area contributed by atoms with Crippen LogP contribution in [0.15, 0.2) is 12.2 Å². The molecule has 0 spiro atoms. The van der Waals surface area contributed by atoms with Gasteiger partial charge in [0.25, 0.3) is 0 Å². The lowest BCUT2D eigenvalue weighted by Crippen LogP contribution is -2.49. The number of hydrogen-bond acceptors (Lipinski definition) is 4. The Labute approximate surface area is 63.8 Å². The molecule has 0 unspecified atom stereocenters. The van der Waals surface area contributed by atoms with E-state index in [-0.39, 0.29) is 6.42 Å². The summed E-state index contributed by atoms with van der Waals surface area (Å²) in [5, 5.41) is 26.6. The number of hydrogen-bond donors (Lipinski definition) is 3. The van der Waals surface area contributed by atoms with Gasteiger partial charge < -0.3 is 15.3 Å². The van der Waals surface area contributed by atoms with E-state index in [9.17, 15) is 9.90 Å². The van der Waals surface area contributed by atoms with E-state index in [0.29, 0.717) is 6.42 Å². The molecule has 1 aliphatic carbocycles. The number of aliphatic hydroxyl groups is 3. The molecule has 0 aromatic carbocycles. The van der Waals surface area contributed by atoms with Crippen LogP contribution in [0.3, 0.4) is 0 Å². The molecule has 0 bridgehead atoms. The van der Waals surface area contributed by atoms with Gasteiger partial charge in [-0.1, -0.05) is 6.08 Å². The van der Waals surface area contributed by atoms with E-state index in [2.05, 4.69) is 0 Å². The van der Waals surface area contributed by atoms with Crippen LogP contribution in [0.1, 0.15) is 12.8 Å². The second kappa shape index (κ2) is 2.73. The molecule has 0 radical (unpaired) electrons. The number of aliphatic hydroxyl groups excluding tert-OH is 1. The fraction of sp³-hybridized carbons (Fsp3) is 0.571. The molecular formula is C7H10O4. The maximum absolute atomic E-state index is 10.9. The van der Waals surface area contributed by atoms with Crippen LogP contribution >= 0.6 is 0 Å². The standard InChI is InChI=1S/C7H10O4/c8-5-3-1-2-4-7(5,11)6(9)10/h1,3,6,9-11H,2,4H2/t7-/m0/s1. The summed E-state index contributed by atoms with van der Waals surface area (Å²) in [6, 6.07) is 0. The van der Waals surface area contributed by atoms with Crippen molar-refractivity contribution in [3.63, 3.8) is 0 Å². The zero-order valence-corrected chi connectivity index (χ0v) is 5.90. The summed E-state index contributed by atoms with van der Waals surface area (Å²) in [6.07, 6.45) is 1.34. The van der Waals surface area contributed by atoms with Crippen LogP contribution in [0.5, 0.6) is 0 Å². The molecule has 3 N–H and O–H groups in total. The third-order valence-corrected chi connectivity index (χ3v) is 1.82. The highest BCUT2D eigenvalue weighted by atomic mass is 16.5. The molecule has 0 aromatic heterocycles. The minimum absolute atomic E-state index is 0.0694. The Morgan fingerprint density at radius 2 is 2.18 bits per heavy atom. The molecule has 0 aliphatic heterocycles. The summed E-state index contributed by atoms with van der Waals surface area (Å²) in [4.78, 5) is 10.9. The summed E-state index contributed by atoms with van der Waals surface area (Å²) in [5.41, 5.74) is -1.98. The Morgan fingerprint density at radius 1 is 1.55 bits per heavy atom. The van der Waals surface area contributed by atoms with Crippen LogP contribution in [-0.4, -0.2) is 33.0 Å². The first kappa shape index (κ1) is 8.39. The monoisotopic (exact) mass is 158 g/mol. The van der Waals surface area contributed by atoms with E-state index in [0.717, 1.165) is 0 Å². The summed E-state index contributed by atoms with van der Waals surface area (Å²) in [6.45, 7) is 0. The van der Waals surface area contributed by atoms with Gasteiger partial charge in [-0.3, -0.25) is 4.79 Å². The number of allylic oxidation sites excluding steroid dienone is 1. The van der Waals surface area contributed by atoms with Gasteiger partial charge in [-0.15, -0.1) is 0 Å². The molecule has 4 heteroatoms. The average molecular weight is 158 g/mol. The Bertz CT molecular complexity index is 197. The lowest BCUT2D eigenvalue weighted by Gasteiger charge is -2.28. The predicted octanol–water partition coefficient (Wildman–Crippen LogP) is -1.05. The molecule has 0 aromatic rings. The second-order valence-electron chi connectivity index (χ2n) is 2.60. The van der Waals surface area contributed by atoms with Crippen molar-refractivity contribution < 1.29 is 20.1 Å². The fourth-order valence-corrected chi connectivity index (χ4v) is 1.02. The molecule has 62 valence electrons. The molecule has 0 amide bonds. The highest BCUT2D eigenvalue weighted by Gasteiger charge is 2.41. The summed E-state index contributed by atoms with van der Waals surface area (Å²) in [5.74, 6) is -0.640. The van der Waals surface area contributed by atoms with Crippen LogP contribution in [0, 0.1) is 0 Å². The van der Waals surface area contributed by atoms with Crippen molar-refractivity contribution >= 4 is 5.78 Å². The summed E-state index contributed by atoms with van der Waals surface area (Å²) in [7, 11) is 0. The molecule has 0 saturated heterocycles. The van der Waals surface area contributed by atoms with Crippen molar-refractivity contribution in [2.24, 2.45) is 0 Å². The third kappa shape index (κ3) is 1.33. The fourth-order valence-electron chi connectivity index (χ4n) is 1.02. The van der Waals surface area contributed by atoms with Crippen LogP contribution in [0.25, 0.3) is 0 Å². The highest BCUT2D eigenvalue weighted by molar-refractivity contribution is 5.97. The quantitative estimate of drug-likeness (QED) is 0.425. The zero-order chi connectivity index (χ0) is 8.48. The molecule has 4 nitrogen and oxygen atoms in total. The van der Waals surface area contributed by atoms with Gasteiger partial charge in [-0.25, -0.2) is 0 Å². The van der Waals surface area contributed by atoms with E-state index in [1.54, 1.807) is 6.08 Å². The summed E-state index contributed by atoms with van der Waals surface area (Å²) >= 11 is 0. The molecule has 0 fully saturated rings. The first-order valence-corrected chi connectivity index (χ1v) is 3.37. The average Bonchev–Trinajstić information content (AvgIpc) is 1.95. The first-order valence-electron chi connectivity index (χ1n) is 3.37. The zero-order valence-electron chi connectivity index (χ0n) is 5.90. The van der Waals surface area contributed by atoms with Gasteiger partial charge in [0.15, 0.2) is 17.7 Å². The SMILES string of the molecule is O=C1C=CCC[C@@]1(O)C(O)O. The van der Waals surface area contributed by atoms with Gasteiger partial charge in [0.2, 0.25) is 0 Å². The van der Waals surface area contributed by atoms with E-state index < -0.39 is 17.7 Å². The van der Waals surface area contributed by atoms with E-state index >= 15 is 0 Å². The van der Waals surface area contributed by atoms with Gasteiger partial charge in [0.05, 0.1) is 0 Å². The molecular weight excluding hydrogens is 148 g/mol. The highest BCUT2D eigenvalue weighted by Crippen LogP contribution is 2.22. The van der Waals surface area contributed by atoms with Crippen LogP contribution in [-0.2, 0) is 4.79 Å². The maximum atomic E-state index is 10.9. The van der Waals surface area contributed by atoms with Crippen molar-refractivity contribution in [1.29, 1.82) is 0 Å². The first-order chi connectivity index (χ1) is 5.07. The molecule has 1 atom stereocenters. The van der Waals surface area contributed by atoms with E-state index in [1.165, 1.54) is 6.08 Å². The van der Waals surface area contributed by atoms with Crippen LogP contribution in [0.4, 0.5) is 0 Å². The topological polar surface area (TPSA) is 77.8 Å². The maximum Gasteiger partial charge on any atom is 0.192 e. The van der Waals surface area contributed by atoms with Crippen molar-refractivity contribution in [1.82, 2.24) is 0 Å². The number of carbonyl (C=O) groups is 1. The van der Waals surface area contributed by atoms with E-state index in [1.807, 2.05) is 0 Å². The van der Waals surface area contributed by atoms with Gasteiger partial charge in [-0.2, -0.15) is 0 Å². The largest absolute Gasteiger partial charge is 0.377 e. The Balaban J connectivity index is 2.85. The van der Waals surface area contributed by atoms with Crippen molar-refractivity contribution in [3.05, 3.63) is 12.2 Å². The van der Waals surface area contributed by atoms with Crippen LogP contribution in [0.2, 0.25) is 0 Å². The molecule has 11 heavy (non-hydrogen) atoms. The molecule has 0 saturated carbocycles. The lowest BCUT2D eigenvalue weighted by molar-refractivity contribution is -0.190. The minimum atomic E-state index is -1.99. The van der Waals surface area contributed by atoms with Gasteiger partial charge in [-0.05, 0) is 18.9 Å². The normalized spacial score (nSPS) is 31.5. The molecule has 1 aliphatic rings. The number of ketones is 1. The van der Waals surface area contributed by atoms with Crippen LogP contribution < -0.4 is 0 Å². The number of carbonyl (C=O) groups excluding carboxylic acids is 1. The molecule has 1 rings (SSSR count). The van der Waals surface area contributed by atoms with Gasteiger partial charge in [0.1, 0.15) is 0 Å². The van der Waals surface area contributed by atoms with Gasteiger partial charge in [0, 0.05) is 0 Å². The molecule has 0 heterocycles. The Hall–Kier alpha value is -0.710. The minimum Gasteiger partial charge on any atom is -0.377 e. The number of rotatable bonds is 1. The van der Waals surface area contributed by atoms with Crippen molar-refractivity contribution in [2.75, 3.05) is 0 Å². The predicted molar refractivity (Wildman–Crippen MR) is 36.6 cm³/mol. The van der Waals surface area contributed by atoms with Crippen molar-refractivity contribution in [3.8, 4) is 0 Å². The van der Waals surface area contributed by atoms with E-state index in [4.69, 9.17) is 10.2 Å². The Kier molecular flexibility index (Phi) is 2.08. The lowest BCUT2D eigenvalue weighted by atomic mass is 9.87. The van der Waals surface area contributed by atoms with Gasteiger partial charge >= 0.3 is 0 Å². The Morgan fingerprint density at radius 3 is 2.55 bits per heavy atom.